The maximum atomic E-state index is 11.3. The molecule has 0 aliphatic carbocycles. The Morgan fingerprint density at radius 3 is 2.50 bits per heavy atom. The second-order valence-electron chi connectivity index (χ2n) is 3.14. The molecule has 1 aromatic heterocycles. The van der Waals surface area contributed by atoms with Crippen molar-refractivity contribution in [1.82, 2.24) is 9.78 Å². The van der Waals surface area contributed by atoms with E-state index < -0.39 is 17.8 Å². The number of hydrogen-bond donors (Lipinski definition) is 1. The first-order valence-electron chi connectivity index (χ1n) is 4.38. The van der Waals surface area contributed by atoms with Crippen molar-refractivity contribution in [1.29, 1.82) is 0 Å². The standard InChI is InChI=1S/C9H7N3O4/c13-7-1-2-8(14)12(7)6-3-10-11(4-6)5-9(15)16/h1-4H,5H2,(H,15,16). The lowest BCUT2D eigenvalue weighted by Crippen LogP contribution is -2.29. The molecule has 82 valence electrons. The maximum absolute atomic E-state index is 11.3. The van der Waals surface area contributed by atoms with Gasteiger partial charge in [0.1, 0.15) is 6.54 Å². The number of carbonyl (C=O) groups is 3. The van der Waals surface area contributed by atoms with Gasteiger partial charge in [-0.1, -0.05) is 0 Å². The Bertz CT molecular complexity index is 485. The number of anilines is 1. The number of aliphatic carboxylic acids is 1. The van der Waals surface area contributed by atoms with E-state index in [0.29, 0.717) is 0 Å². The summed E-state index contributed by atoms with van der Waals surface area (Å²) in [6, 6.07) is 0. The van der Waals surface area contributed by atoms with Crippen molar-refractivity contribution in [2.24, 2.45) is 0 Å². The van der Waals surface area contributed by atoms with Gasteiger partial charge in [-0.15, -0.1) is 0 Å². The molecular weight excluding hydrogens is 214 g/mol. The first kappa shape index (κ1) is 10.1. The lowest BCUT2D eigenvalue weighted by Gasteiger charge is -2.09. The fourth-order valence-electron chi connectivity index (χ4n) is 1.35. The van der Waals surface area contributed by atoms with Crippen LogP contribution in [0.15, 0.2) is 24.5 Å². The minimum atomic E-state index is -1.05. The molecule has 0 bridgehead atoms. The summed E-state index contributed by atoms with van der Waals surface area (Å²) >= 11 is 0. The Balaban J connectivity index is 2.22. The first-order valence-corrected chi connectivity index (χ1v) is 4.38. The molecule has 2 rings (SSSR count). The van der Waals surface area contributed by atoms with Crippen LogP contribution in [-0.4, -0.2) is 32.7 Å². The van der Waals surface area contributed by atoms with E-state index >= 15 is 0 Å². The van der Waals surface area contributed by atoms with E-state index in [-0.39, 0.29) is 12.2 Å². The summed E-state index contributed by atoms with van der Waals surface area (Å²) in [5.74, 6) is -1.97. The molecule has 0 spiro atoms. The Morgan fingerprint density at radius 1 is 1.31 bits per heavy atom. The highest BCUT2D eigenvalue weighted by atomic mass is 16.4. The molecule has 0 radical (unpaired) electrons. The van der Waals surface area contributed by atoms with Crippen LogP contribution in [0.2, 0.25) is 0 Å². The van der Waals surface area contributed by atoms with Gasteiger partial charge in [0.15, 0.2) is 0 Å². The smallest absolute Gasteiger partial charge is 0.325 e. The van der Waals surface area contributed by atoms with Crippen LogP contribution >= 0.6 is 0 Å². The summed E-state index contributed by atoms with van der Waals surface area (Å²) in [6.45, 7) is -0.316. The number of aromatic nitrogens is 2. The number of amides is 2. The van der Waals surface area contributed by atoms with Crippen LogP contribution in [0.3, 0.4) is 0 Å². The average molecular weight is 221 g/mol. The Labute approximate surface area is 89.6 Å². The molecule has 2 amide bonds. The third-order valence-corrected chi connectivity index (χ3v) is 1.98. The van der Waals surface area contributed by atoms with Crippen LogP contribution in [0, 0.1) is 0 Å². The van der Waals surface area contributed by atoms with E-state index in [1.54, 1.807) is 0 Å². The molecule has 1 aliphatic rings. The summed E-state index contributed by atoms with van der Waals surface area (Å²) in [5, 5.41) is 12.3. The maximum Gasteiger partial charge on any atom is 0.325 e. The molecule has 1 aromatic rings. The highest BCUT2D eigenvalue weighted by Crippen LogP contribution is 2.17. The van der Waals surface area contributed by atoms with E-state index in [4.69, 9.17) is 5.11 Å². The van der Waals surface area contributed by atoms with Crippen LogP contribution in [0.4, 0.5) is 5.69 Å². The summed E-state index contributed by atoms with van der Waals surface area (Å²) in [4.78, 5) is 33.9. The molecule has 0 atom stereocenters. The predicted octanol–water partition coefficient (Wildman–Crippen LogP) is -0.603. The first-order chi connectivity index (χ1) is 7.58. The summed E-state index contributed by atoms with van der Waals surface area (Å²) in [7, 11) is 0. The SMILES string of the molecule is O=C(O)Cn1cc(N2C(=O)C=CC2=O)cn1. The Morgan fingerprint density at radius 2 is 1.94 bits per heavy atom. The number of carboxylic acid groups (broad SMARTS) is 1. The molecule has 0 aromatic carbocycles. The van der Waals surface area contributed by atoms with Gasteiger partial charge in [-0.05, 0) is 0 Å². The van der Waals surface area contributed by atoms with Gasteiger partial charge >= 0.3 is 5.97 Å². The zero-order valence-corrected chi connectivity index (χ0v) is 8.03. The molecule has 2 heterocycles. The van der Waals surface area contributed by atoms with E-state index in [1.165, 1.54) is 12.4 Å². The zero-order chi connectivity index (χ0) is 11.7. The lowest BCUT2D eigenvalue weighted by atomic mass is 10.4. The molecule has 16 heavy (non-hydrogen) atoms. The van der Waals surface area contributed by atoms with Crippen molar-refractivity contribution in [2.45, 2.75) is 6.54 Å². The second kappa shape index (κ2) is 3.61. The van der Waals surface area contributed by atoms with E-state index in [9.17, 15) is 14.4 Å². The summed E-state index contributed by atoms with van der Waals surface area (Å²) in [6.07, 6.45) is 4.90. The van der Waals surface area contributed by atoms with Crippen LogP contribution < -0.4 is 4.90 Å². The second-order valence-corrected chi connectivity index (χ2v) is 3.14. The van der Waals surface area contributed by atoms with Crippen molar-refractivity contribution < 1.29 is 19.5 Å². The molecule has 0 unspecified atom stereocenters. The molecular formula is C9H7N3O4. The number of carboxylic acids is 1. The van der Waals surface area contributed by atoms with Gasteiger partial charge in [0.2, 0.25) is 0 Å². The van der Waals surface area contributed by atoms with Crippen molar-refractivity contribution in [3.63, 3.8) is 0 Å². The van der Waals surface area contributed by atoms with Gasteiger partial charge in [0, 0.05) is 18.3 Å². The van der Waals surface area contributed by atoms with Crippen LogP contribution in [0.25, 0.3) is 0 Å². The third-order valence-electron chi connectivity index (χ3n) is 1.98. The van der Waals surface area contributed by atoms with E-state index in [0.717, 1.165) is 21.7 Å². The quantitative estimate of drug-likeness (QED) is 0.688. The predicted molar refractivity (Wildman–Crippen MR) is 51.5 cm³/mol. The Hall–Kier alpha value is -2.44. The average Bonchev–Trinajstić information content (AvgIpc) is 2.73. The normalized spacial score (nSPS) is 14.9. The molecule has 7 nitrogen and oxygen atoms in total. The monoisotopic (exact) mass is 221 g/mol. The van der Waals surface area contributed by atoms with Gasteiger partial charge in [-0.2, -0.15) is 5.10 Å². The van der Waals surface area contributed by atoms with Crippen LogP contribution in [-0.2, 0) is 20.9 Å². The summed E-state index contributed by atoms with van der Waals surface area (Å²) in [5.41, 5.74) is 0.265. The number of carbonyl (C=O) groups excluding carboxylic acids is 2. The van der Waals surface area contributed by atoms with E-state index in [1.807, 2.05) is 0 Å². The van der Waals surface area contributed by atoms with Gasteiger partial charge in [-0.3, -0.25) is 19.1 Å². The molecule has 0 fully saturated rings. The Kier molecular flexibility index (Phi) is 2.28. The van der Waals surface area contributed by atoms with Crippen molar-refractivity contribution >= 4 is 23.5 Å². The topological polar surface area (TPSA) is 92.5 Å². The van der Waals surface area contributed by atoms with Gasteiger partial charge in [0.25, 0.3) is 11.8 Å². The zero-order valence-electron chi connectivity index (χ0n) is 8.03. The molecule has 0 saturated heterocycles. The largest absolute Gasteiger partial charge is 0.480 e. The van der Waals surface area contributed by atoms with E-state index in [2.05, 4.69) is 5.10 Å². The number of nitrogens with zero attached hydrogens (tertiary/aromatic N) is 3. The van der Waals surface area contributed by atoms with Gasteiger partial charge in [0.05, 0.1) is 11.9 Å². The van der Waals surface area contributed by atoms with Crippen LogP contribution in [0.1, 0.15) is 0 Å². The number of hydrogen-bond acceptors (Lipinski definition) is 4. The van der Waals surface area contributed by atoms with Gasteiger partial charge < -0.3 is 5.11 Å². The van der Waals surface area contributed by atoms with Crippen molar-refractivity contribution in [3.8, 4) is 0 Å². The highest BCUT2D eigenvalue weighted by molar-refractivity contribution is 6.28. The van der Waals surface area contributed by atoms with Crippen molar-refractivity contribution in [3.05, 3.63) is 24.5 Å². The molecule has 0 saturated carbocycles. The molecule has 1 aliphatic heterocycles. The molecule has 7 heteroatoms. The number of rotatable bonds is 3. The summed E-state index contributed by atoms with van der Waals surface area (Å²) < 4.78 is 1.14. The highest BCUT2D eigenvalue weighted by Gasteiger charge is 2.26. The minimum absolute atomic E-state index is 0.265. The molecule has 1 N–H and O–H groups in total. The van der Waals surface area contributed by atoms with Gasteiger partial charge in [-0.25, -0.2) is 4.90 Å². The lowest BCUT2D eigenvalue weighted by molar-refractivity contribution is -0.137. The van der Waals surface area contributed by atoms with Crippen LogP contribution in [0.5, 0.6) is 0 Å². The minimum Gasteiger partial charge on any atom is -0.480 e. The van der Waals surface area contributed by atoms with Crippen molar-refractivity contribution in [2.75, 3.05) is 4.90 Å². The fourth-order valence-corrected chi connectivity index (χ4v) is 1.35. The number of imide groups is 1. The third kappa shape index (κ3) is 1.70. The fraction of sp³-hybridized carbons (Fsp3) is 0.111.